The van der Waals surface area contributed by atoms with Gasteiger partial charge in [-0.2, -0.15) is 5.26 Å². The highest BCUT2D eigenvalue weighted by Gasteiger charge is 2.33. The summed E-state index contributed by atoms with van der Waals surface area (Å²) in [6, 6.07) is 6.00. The Balaban J connectivity index is 1.62. The van der Waals surface area contributed by atoms with E-state index >= 15 is 0 Å². The van der Waals surface area contributed by atoms with Crippen molar-refractivity contribution < 1.29 is 23.6 Å². The van der Waals surface area contributed by atoms with Crippen LogP contribution in [-0.2, 0) is 19.1 Å². The Hall–Kier alpha value is -4.14. The highest BCUT2D eigenvalue weighted by molar-refractivity contribution is 6.11. The van der Waals surface area contributed by atoms with Crippen molar-refractivity contribution in [3.63, 3.8) is 0 Å². The number of amidine groups is 1. The molecule has 0 bridgehead atoms. The molecule has 190 valence electrons. The first kappa shape index (κ1) is 25.0. The summed E-state index contributed by atoms with van der Waals surface area (Å²) in [5.41, 5.74) is 6.79. The van der Waals surface area contributed by atoms with Crippen molar-refractivity contribution >= 4 is 46.1 Å². The molecule has 1 aromatic carbocycles. The van der Waals surface area contributed by atoms with E-state index < -0.39 is 17.9 Å². The molecule has 0 aliphatic carbocycles. The standard InChI is InChI=1S/C24H29N7O5/c1-35-24(34)17(13-25)22(27-15-7-8-19-16(12-15)21(26)29-36-19)28-18-6-2-3-11-31(23(18)33)14-20(32)30-9-4-5-10-30/h7-8,12,17-18H,2-6,9-11,14H2,1H3,(H2,26,29)(H,27,28)/t17?,18-/m0/s1. The van der Waals surface area contributed by atoms with E-state index in [1.165, 1.54) is 12.0 Å². The zero-order valence-corrected chi connectivity index (χ0v) is 20.1. The molecule has 4 rings (SSSR count). The smallest absolute Gasteiger partial charge is 0.330 e. The van der Waals surface area contributed by atoms with Gasteiger partial charge in [0.2, 0.25) is 17.7 Å². The number of nitrogens with one attached hydrogen (secondary N) is 1. The van der Waals surface area contributed by atoms with Crippen LogP contribution in [0.3, 0.4) is 0 Å². The average Bonchev–Trinajstić information content (AvgIpc) is 3.51. The molecule has 0 saturated carbocycles. The number of rotatable bonds is 6. The van der Waals surface area contributed by atoms with Crippen molar-refractivity contribution in [3.8, 4) is 6.07 Å². The normalized spacial score (nSPS) is 19.6. The summed E-state index contributed by atoms with van der Waals surface area (Å²) >= 11 is 0. The van der Waals surface area contributed by atoms with Crippen LogP contribution in [0.5, 0.6) is 0 Å². The van der Waals surface area contributed by atoms with E-state index in [4.69, 9.17) is 15.0 Å². The van der Waals surface area contributed by atoms with Crippen LogP contribution in [0.15, 0.2) is 27.7 Å². The molecule has 36 heavy (non-hydrogen) atoms. The second kappa shape index (κ2) is 11.1. The Morgan fingerprint density at radius 1 is 1.31 bits per heavy atom. The van der Waals surface area contributed by atoms with Crippen LogP contribution in [-0.4, -0.2) is 77.9 Å². The minimum atomic E-state index is -1.39. The van der Waals surface area contributed by atoms with Gasteiger partial charge in [-0.3, -0.25) is 19.4 Å². The van der Waals surface area contributed by atoms with Crippen LogP contribution in [0.2, 0.25) is 0 Å². The fourth-order valence-corrected chi connectivity index (χ4v) is 4.46. The van der Waals surface area contributed by atoms with Gasteiger partial charge in [0.15, 0.2) is 11.4 Å². The van der Waals surface area contributed by atoms with E-state index in [0.29, 0.717) is 49.1 Å². The SMILES string of the molecule is COC(=O)C(C#N)C(=N[C@H]1CCCCN(CC(=O)N2CCCC2)C1=O)Nc1ccc2onc(N)c2c1. The summed E-state index contributed by atoms with van der Waals surface area (Å²) in [5, 5.41) is 17.0. The van der Waals surface area contributed by atoms with Crippen LogP contribution < -0.4 is 11.1 Å². The summed E-state index contributed by atoms with van der Waals surface area (Å²) in [5.74, 6) is -2.41. The Morgan fingerprint density at radius 2 is 2.06 bits per heavy atom. The molecule has 2 aliphatic heterocycles. The minimum Gasteiger partial charge on any atom is -0.468 e. The number of hydrogen-bond donors (Lipinski definition) is 2. The van der Waals surface area contributed by atoms with Gasteiger partial charge in [0.1, 0.15) is 11.9 Å². The monoisotopic (exact) mass is 495 g/mol. The number of benzene rings is 1. The predicted octanol–water partition coefficient (Wildman–Crippen LogP) is 1.54. The number of nitrogen functional groups attached to an aromatic ring is 1. The number of aromatic nitrogens is 1. The lowest BCUT2D eigenvalue weighted by atomic mass is 10.1. The van der Waals surface area contributed by atoms with Crippen molar-refractivity contribution in [2.45, 2.75) is 38.1 Å². The van der Waals surface area contributed by atoms with Gasteiger partial charge in [-0.15, -0.1) is 0 Å². The third-order valence-corrected chi connectivity index (χ3v) is 6.44. The summed E-state index contributed by atoms with van der Waals surface area (Å²) in [7, 11) is 1.18. The Bertz CT molecular complexity index is 1210. The van der Waals surface area contributed by atoms with Gasteiger partial charge in [0.25, 0.3) is 0 Å². The van der Waals surface area contributed by atoms with Crippen molar-refractivity contribution in [3.05, 3.63) is 18.2 Å². The number of ether oxygens (including phenoxy) is 1. The molecule has 2 fully saturated rings. The van der Waals surface area contributed by atoms with Gasteiger partial charge in [0.05, 0.1) is 25.1 Å². The molecule has 1 unspecified atom stereocenters. The number of carbonyl (C=O) groups is 3. The molecule has 3 N–H and O–H groups in total. The van der Waals surface area contributed by atoms with Gasteiger partial charge in [-0.25, -0.2) is 0 Å². The lowest BCUT2D eigenvalue weighted by Gasteiger charge is -2.25. The predicted molar refractivity (Wildman–Crippen MR) is 131 cm³/mol. The van der Waals surface area contributed by atoms with Crippen molar-refractivity contribution in [1.82, 2.24) is 15.0 Å². The molecule has 3 heterocycles. The maximum Gasteiger partial charge on any atom is 0.330 e. The third-order valence-electron chi connectivity index (χ3n) is 6.44. The molecule has 2 atom stereocenters. The Kier molecular flexibility index (Phi) is 7.68. The number of carbonyl (C=O) groups excluding carboxylic acids is 3. The number of nitriles is 1. The number of nitrogens with two attached hydrogens (primary N) is 1. The Morgan fingerprint density at radius 3 is 2.78 bits per heavy atom. The molecule has 0 radical (unpaired) electrons. The molecule has 12 nitrogen and oxygen atoms in total. The quantitative estimate of drug-likeness (QED) is 0.343. The third kappa shape index (κ3) is 5.40. The van der Waals surface area contributed by atoms with Gasteiger partial charge in [-0.05, 0) is 50.3 Å². The van der Waals surface area contributed by atoms with E-state index in [0.717, 1.165) is 19.3 Å². The lowest BCUT2D eigenvalue weighted by molar-refractivity contribution is -0.141. The summed E-state index contributed by atoms with van der Waals surface area (Å²) in [6.45, 7) is 1.87. The number of methoxy groups -OCH3 is 1. The second-order valence-electron chi connectivity index (χ2n) is 8.86. The lowest BCUT2D eigenvalue weighted by Crippen LogP contribution is -2.45. The number of nitrogens with zero attached hydrogens (tertiary/aromatic N) is 5. The van der Waals surface area contributed by atoms with E-state index in [9.17, 15) is 19.6 Å². The molecule has 2 amide bonds. The number of esters is 1. The zero-order valence-electron chi connectivity index (χ0n) is 20.1. The first-order valence-electron chi connectivity index (χ1n) is 11.9. The summed E-state index contributed by atoms with van der Waals surface area (Å²) < 4.78 is 9.92. The Labute approximate surface area is 208 Å². The highest BCUT2D eigenvalue weighted by atomic mass is 16.5. The number of amides is 2. The van der Waals surface area contributed by atoms with Crippen LogP contribution in [0.1, 0.15) is 32.1 Å². The number of likely N-dealkylation sites (tertiary alicyclic amines) is 2. The van der Waals surface area contributed by atoms with E-state index in [1.807, 2.05) is 6.07 Å². The average molecular weight is 496 g/mol. The van der Waals surface area contributed by atoms with Crippen LogP contribution in [0.4, 0.5) is 11.5 Å². The first-order chi connectivity index (χ1) is 17.4. The molecule has 2 aromatic rings. The van der Waals surface area contributed by atoms with Crippen molar-refractivity contribution in [1.29, 1.82) is 5.26 Å². The molecular formula is C24H29N7O5. The topological polar surface area (TPSA) is 167 Å². The summed E-state index contributed by atoms with van der Waals surface area (Å²) in [4.78, 5) is 46.3. The number of hydrogen-bond acceptors (Lipinski definition) is 9. The largest absolute Gasteiger partial charge is 0.468 e. The number of fused-ring (bicyclic) bond motifs is 1. The van der Waals surface area contributed by atoms with E-state index in [2.05, 4.69) is 15.5 Å². The van der Waals surface area contributed by atoms with Crippen molar-refractivity contribution in [2.75, 3.05) is 44.3 Å². The maximum atomic E-state index is 13.4. The van der Waals surface area contributed by atoms with Gasteiger partial charge >= 0.3 is 5.97 Å². The second-order valence-corrected chi connectivity index (χ2v) is 8.86. The fourth-order valence-electron chi connectivity index (χ4n) is 4.46. The van der Waals surface area contributed by atoms with Crippen LogP contribution in [0, 0.1) is 17.2 Å². The highest BCUT2D eigenvalue weighted by Crippen LogP contribution is 2.25. The van der Waals surface area contributed by atoms with Crippen LogP contribution in [0.25, 0.3) is 11.0 Å². The van der Waals surface area contributed by atoms with Crippen LogP contribution >= 0.6 is 0 Å². The van der Waals surface area contributed by atoms with Gasteiger partial charge in [-0.1, -0.05) is 5.16 Å². The minimum absolute atomic E-state index is 0.00424. The number of aliphatic imine (C=N–C) groups is 1. The van der Waals surface area contributed by atoms with Gasteiger partial charge in [0, 0.05) is 25.3 Å². The fraction of sp³-hybridized carbons (Fsp3) is 0.500. The molecule has 12 heteroatoms. The maximum absolute atomic E-state index is 13.4. The molecule has 2 aliphatic rings. The summed E-state index contributed by atoms with van der Waals surface area (Å²) in [6.07, 6.45) is 3.81. The van der Waals surface area contributed by atoms with Crippen molar-refractivity contribution in [2.24, 2.45) is 10.9 Å². The van der Waals surface area contributed by atoms with Gasteiger partial charge < -0.3 is 30.1 Å². The van der Waals surface area contributed by atoms with E-state index in [1.54, 1.807) is 23.1 Å². The molecule has 1 aromatic heterocycles. The molecule has 2 saturated heterocycles. The molecular weight excluding hydrogens is 466 g/mol. The number of anilines is 2. The zero-order chi connectivity index (χ0) is 25.7. The first-order valence-corrected chi connectivity index (χ1v) is 11.9. The molecule has 0 spiro atoms. The van der Waals surface area contributed by atoms with E-state index in [-0.39, 0.29) is 30.0 Å².